The standard InChI is InChI=1S/C24H28Cl4N2O2S/c1-5-21(23(32)29-24(2,3)4)30(12-16-17(25)7-6-8-18(16)26)22(31)14-33-13-15-9-10-19(27)20(28)11-15/h6-11,21H,5,12-14H2,1-4H3,(H,29,32)/t21-/m1/s1. The Labute approximate surface area is 220 Å². The van der Waals surface area contributed by atoms with Gasteiger partial charge in [-0.15, -0.1) is 11.8 Å². The summed E-state index contributed by atoms with van der Waals surface area (Å²) in [6.45, 7) is 7.73. The number of hydrogen-bond acceptors (Lipinski definition) is 3. The average molecular weight is 550 g/mol. The summed E-state index contributed by atoms with van der Waals surface area (Å²) in [5.41, 5.74) is 1.15. The van der Waals surface area contributed by atoms with Crippen molar-refractivity contribution >= 4 is 70.0 Å². The van der Waals surface area contributed by atoms with Crippen LogP contribution in [0.1, 0.15) is 45.2 Å². The van der Waals surface area contributed by atoms with Crippen LogP contribution in [0.25, 0.3) is 0 Å². The summed E-state index contributed by atoms with van der Waals surface area (Å²) in [6, 6.07) is 9.93. The lowest BCUT2D eigenvalue weighted by molar-refractivity contribution is -0.140. The zero-order valence-corrected chi connectivity index (χ0v) is 22.9. The molecular weight excluding hydrogens is 522 g/mol. The number of thioether (sulfide) groups is 1. The molecule has 2 aromatic rings. The minimum absolute atomic E-state index is 0.140. The summed E-state index contributed by atoms with van der Waals surface area (Å²) < 4.78 is 0. The summed E-state index contributed by atoms with van der Waals surface area (Å²) >= 11 is 26.2. The molecule has 1 N–H and O–H groups in total. The molecule has 0 aromatic heterocycles. The van der Waals surface area contributed by atoms with Gasteiger partial charge in [0, 0.05) is 33.4 Å². The van der Waals surface area contributed by atoms with E-state index in [-0.39, 0.29) is 24.1 Å². The summed E-state index contributed by atoms with van der Waals surface area (Å²) in [7, 11) is 0. The first-order valence-corrected chi connectivity index (χ1v) is 13.2. The predicted molar refractivity (Wildman–Crippen MR) is 142 cm³/mol. The molecule has 0 spiro atoms. The minimum Gasteiger partial charge on any atom is -0.350 e. The Kier molecular flexibility index (Phi) is 10.7. The zero-order chi connectivity index (χ0) is 24.8. The van der Waals surface area contributed by atoms with Crippen LogP contribution >= 0.6 is 58.2 Å². The molecule has 9 heteroatoms. The molecule has 0 saturated heterocycles. The average Bonchev–Trinajstić information content (AvgIpc) is 2.71. The van der Waals surface area contributed by atoms with Crippen molar-refractivity contribution < 1.29 is 9.59 Å². The number of amides is 2. The van der Waals surface area contributed by atoms with Crippen LogP contribution in [0.4, 0.5) is 0 Å². The van der Waals surface area contributed by atoms with Crippen LogP contribution in [0.5, 0.6) is 0 Å². The molecule has 0 heterocycles. The van der Waals surface area contributed by atoms with Crippen LogP contribution in [0, 0.1) is 0 Å². The van der Waals surface area contributed by atoms with E-state index in [1.54, 1.807) is 35.2 Å². The Bertz CT molecular complexity index is 975. The molecule has 1 atom stereocenters. The van der Waals surface area contributed by atoms with Crippen molar-refractivity contribution in [2.24, 2.45) is 0 Å². The largest absolute Gasteiger partial charge is 0.350 e. The summed E-state index contributed by atoms with van der Waals surface area (Å²) in [4.78, 5) is 28.0. The molecule has 180 valence electrons. The Morgan fingerprint density at radius 1 is 1.00 bits per heavy atom. The number of nitrogens with zero attached hydrogens (tertiary/aromatic N) is 1. The molecule has 0 bridgehead atoms. The first kappa shape index (κ1) is 28.1. The fraction of sp³-hybridized carbons (Fsp3) is 0.417. The van der Waals surface area contributed by atoms with Crippen molar-refractivity contribution in [3.05, 3.63) is 67.6 Å². The number of carbonyl (C=O) groups excluding carboxylic acids is 2. The second kappa shape index (κ2) is 12.6. The molecule has 2 aromatic carbocycles. The molecule has 0 fully saturated rings. The van der Waals surface area contributed by atoms with Gasteiger partial charge in [0.25, 0.3) is 0 Å². The highest BCUT2D eigenvalue weighted by molar-refractivity contribution is 7.99. The van der Waals surface area contributed by atoms with E-state index in [2.05, 4.69) is 5.32 Å². The van der Waals surface area contributed by atoms with Gasteiger partial charge in [0.1, 0.15) is 6.04 Å². The van der Waals surface area contributed by atoms with Crippen LogP contribution in [0.15, 0.2) is 36.4 Å². The Morgan fingerprint density at radius 2 is 1.64 bits per heavy atom. The molecule has 0 saturated carbocycles. The van der Waals surface area contributed by atoms with Crippen LogP contribution in [-0.4, -0.2) is 34.0 Å². The second-order valence-corrected chi connectivity index (χ2v) is 11.2. The fourth-order valence-corrected chi connectivity index (χ4v) is 4.89. The molecule has 33 heavy (non-hydrogen) atoms. The topological polar surface area (TPSA) is 49.4 Å². The normalized spacial score (nSPS) is 12.4. The maximum absolute atomic E-state index is 13.3. The van der Waals surface area contributed by atoms with Gasteiger partial charge in [0.15, 0.2) is 0 Å². The van der Waals surface area contributed by atoms with E-state index in [4.69, 9.17) is 46.4 Å². The minimum atomic E-state index is -0.658. The fourth-order valence-electron chi connectivity index (χ4n) is 3.19. The van der Waals surface area contributed by atoms with Gasteiger partial charge in [0.2, 0.25) is 11.8 Å². The molecule has 0 aliphatic heterocycles. The highest BCUT2D eigenvalue weighted by Gasteiger charge is 2.31. The van der Waals surface area contributed by atoms with Gasteiger partial charge in [-0.1, -0.05) is 65.5 Å². The quantitative estimate of drug-likeness (QED) is 0.358. The molecule has 0 radical (unpaired) electrons. The van der Waals surface area contributed by atoms with Crippen molar-refractivity contribution in [2.45, 2.75) is 58.0 Å². The molecule has 0 unspecified atom stereocenters. The van der Waals surface area contributed by atoms with Crippen LogP contribution in [-0.2, 0) is 21.9 Å². The van der Waals surface area contributed by atoms with E-state index in [0.717, 1.165) is 5.56 Å². The van der Waals surface area contributed by atoms with Crippen molar-refractivity contribution in [3.63, 3.8) is 0 Å². The maximum atomic E-state index is 13.3. The second-order valence-electron chi connectivity index (χ2n) is 8.63. The van der Waals surface area contributed by atoms with E-state index in [1.807, 2.05) is 33.8 Å². The predicted octanol–water partition coefficient (Wildman–Crippen LogP) is 7.26. The van der Waals surface area contributed by atoms with Gasteiger partial charge < -0.3 is 10.2 Å². The van der Waals surface area contributed by atoms with E-state index >= 15 is 0 Å². The molecule has 0 aliphatic carbocycles. The van der Waals surface area contributed by atoms with Gasteiger partial charge in [-0.25, -0.2) is 0 Å². The molecule has 4 nitrogen and oxygen atoms in total. The SMILES string of the molecule is CC[C@H](C(=O)NC(C)(C)C)N(Cc1c(Cl)cccc1Cl)C(=O)CSCc1ccc(Cl)c(Cl)c1. The third kappa shape index (κ3) is 8.56. The van der Waals surface area contributed by atoms with E-state index in [0.29, 0.717) is 37.8 Å². The van der Waals surface area contributed by atoms with Gasteiger partial charge in [-0.05, 0) is 57.0 Å². The number of carbonyl (C=O) groups is 2. The molecule has 2 amide bonds. The third-order valence-corrected chi connectivity index (χ3v) is 7.19. The Morgan fingerprint density at radius 3 is 2.18 bits per heavy atom. The van der Waals surface area contributed by atoms with Gasteiger partial charge in [-0.3, -0.25) is 9.59 Å². The van der Waals surface area contributed by atoms with Gasteiger partial charge in [0.05, 0.1) is 15.8 Å². The number of hydrogen-bond donors (Lipinski definition) is 1. The molecular formula is C24H28Cl4N2O2S. The molecule has 2 rings (SSSR count). The highest BCUT2D eigenvalue weighted by Crippen LogP contribution is 2.28. The number of nitrogens with one attached hydrogen (secondary N) is 1. The lowest BCUT2D eigenvalue weighted by Crippen LogP contribution is -2.53. The Balaban J connectivity index is 2.23. The van der Waals surface area contributed by atoms with Gasteiger partial charge in [-0.2, -0.15) is 0 Å². The van der Waals surface area contributed by atoms with Crippen LogP contribution in [0.3, 0.4) is 0 Å². The number of rotatable bonds is 9. The first-order valence-electron chi connectivity index (χ1n) is 10.5. The van der Waals surface area contributed by atoms with Crippen molar-refractivity contribution in [2.75, 3.05) is 5.75 Å². The third-order valence-electron chi connectivity index (χ3n) is 4.75. The Hall–Kier alpha value is -1.11. The summed E-state index contributed by atoms with van der Waals surface area (Å²) in [5.74, 6) is 0.374. The van der Waals surface area contributed by atoms with E-state index < -0.39 is 11.6 Å². The molecule has 0 aliphatic rings. The lowest BCUT2D eigenvalue weighted by atomic mass is 10.1. The highest BCUT2D eigenvalue weighted by atomic mass is 35.5. The summed E-state index contributed by atoms with van der Waals surface area (Å²) in [5, 5.41) is 4.85. The van der Waals surface area contributed by atoms with Crippen molar-refractivity contribution in [1.29, 1.82) is 0 Å². The number of halogens is 4. The maximum Gasteiger partial charge on any atom is 0.243 e. The monoisotopic (exact) mass is 548 g/mol. The zero-order valence-electron chi connectivity index (χ0n) is 19.1. The summed E-state index contributed by atoms with van der Waals surface area (Å²) in [6.07, 6.45) is 0.452. The van der Waals surface area contributed by atoms with E-state index in [1.165, 1.54) is 11.8 Å². The van der Waals surface area contributed by atoms with Crippen molar-refractivity contribution in [1.82, 2.24) is 10.2 Å². The number of benzene rings is 2. The van der Waals surface area contributed by atoms with Crippen LogP contribution in [0.2, 0.25) is 20.1 Å². The van der Waals surface area contributed by atoms with E-state index in [9.17, 15) is 9.59 Å². The van der Waals surface area contributed by atoms with Crippen LogP contribution < -0.4 is 5.32 Å². The smallest absolute Gasteiger partial charge is 0.243 e. The van der Waals surface area contributed by atoms with Gasteiger partial charge >= 0.3 is 0 Å². The first-order chi connectivity index (χ1) is 15.4. The lowest BCUT2D eigenvalue weighted by Gasteiger charge is -2.33. The van der Waals surface area contributed by atoms with Crippen molar-refractivity contribution in [3.8, 4) is 0 Å².